The number of rotatable bonds is 12. The van der Waals surface area contributed by atoms with Crippen molar-refractivity contribution in [3.05, 3.63) is 64.3 Å². The molecule has 1 amide bonds. The summed E-state index contributed by atoms with van der Waals surface area (Å²) in [5.74, 6) is 0.0522. The average molecular weight is 573 g/mol. The first-order valence-corrected chi connectivity index (χ1v) is 13.9. The van der Waals surface area contributed by atoms with Crippen LogP contribution in [0.3, 0.4) is 0 Å². The van der Waals surface area contributed by atoms with E-state index >= 15 is 0 Å². The lowest BCUT2D eigenvalue weighted by Gasteiger charge is -2.16. The zero-order chi connectivity index (χ0) is 28.7. The van der Waals surface area contributed by atoms with Crippen LogP contribution in [-0.4, -0.2) is 52.6 Å². The molecule has 3 aromatic rings. The Bertz CT molecular complexity index is 1350. The van der Waals surface area contributed by atoms with Gasteiger partial charge in [0.05, 0.1) is 25.5 Å². The predicted octanol–water partition coefficient (Wildman–Crippen LogP) is 5.40. The quantitative estimate of drug-likeness (QED) is 0.173. The lowest BCUT2D eigenvalue weighted by atomic mass is 10.0. The smallest absolute Gasteiger partial charge is 0.348 e. The fraction of sp³-hybridized carbons (Fsp3) is 0.370. The predicted molar refractivity (Wildman–Crippen MR) is 151 cm³/mol. The second-order valence-electron chi connectivity index (χ2n) is 8.80. The molecule has 2 aromatic heterocycles. The Morgan fingerprint density at radius 1 is 1.10 bits per heavy atom. The number of esters is 2. The van der Waals surface area contributed by atoms with Crippen molar-refractivity contribution in [2.45, 2.75) is 51.4 Å². The minimum atomic E-state index is -0.662. The van der Waals surface area contributed by atoms with Crippen LogP contribution in [-0.2, 0) is 20.8 Å². The van der Waals surface area contributed by atoms with Crippen LogP contribution >= 0.6 is 23.1 Å². The summed E-state index contributed by atoms with van der Waals surface area (Å²) in [6.45, 7) is 12.0. The molecule has 12 heteroatoms. The Labute approximate surface area is 235 Å². The first kappa shape index (κ1) is 29.9. The number of thioether (sulfide) groups is 1. The molecule has 3 rings (SSSR count). The molecule has 0 aliphatic carbocycles. The second-order valence-corrected chi connectivity index (χ2v) is 10.8. The van der Waals surface area contributed by atoms with E-state index in [0.717, 1.165) is 11.3 Å². The monoisotopic (exact) mass is 572 g/mol. The van der Waals surface area contributed by atoms with Gasteiger partial charge >= 0.3 is 11.9 Å². The van der Waals surface area contributed by atoms with Gasteiger partial charge in [-0.05, 0) is 43.0 Å². The molecule has 1 unspecified atom stereocenters. The maximum atomic E-state index is 12.8. The van der Waals surface area contributed by atoms with Gasteiger partial charge in [-0.2, -0.15) is 0 Å². The number of aromatic nitrogens is 3. The van der Waals surface area contributed by atoms with E-state index in [1.54, 1.807) is 13.0 Å². The summed E-state index contributed by atoms with van der Waals surface area (Å²) in [5, 5.41) is 12.0. The molecule has 0 fully saturated rings. The van der Waals surface area contributed by atoms with Crippen LogP contribution in [0.2, 0.25) is 0 Å². The van der Waals surface area contributed by atoms with Crippen molar-refractivity contribution >= 4 is 45.9 Å². The first-order valence-electron chi connectivity index (χ1n) is 12.1. The highest BCUT2D eigenvalue weighted by molar-refractivity contribution is 7.99. The molecule has 0 aliphatic heterocycles. The summed E-state index contributed by atoms with van der Waals surface area (Å²) < 4.78 is 17.6. The lowest BCUT2D eigenvalue weighted by molar-refractivity contribution is -0.113. The van der Waals surface area contributed by atoms with E-state index in [2.05, 4.69) is 35.9 Å². The Kier molecular flexibility index (Phi) is 10.3. The van der Waals surface area contributed by atoms with Gasteiger partial charge in [0.25, 0.3) is 0 Å². The minimum Gasteiger partial charge on any atom is -0.483 e. The molecule has 10 nitrogen and oxygen atoms in total. The molecular formula is C27H32N4O6S2. The number of hydrogen-bond donors (Lipinski definition) is 1. The first-order chi connectivity index (χ1) is 18.6. The number of allylic oxidation sites excluding steroid dienone is 1. The number of ether oxygens (including phenoxy) is 3. The molecule has 1 aromatic carbocycles. The van der Waals surface area contributed by atoms with Gasteiger partial charge in [0.1, 0.15) is 15.6 Å². The summed E-state index contributed by atoms with van der Waals surface area (Å²) in [5.41, 5.74) is 1.72. The van der Waals surface area contributed by atoms with Gasteiger partial charge in [-0.3, -0.25) is 9.36 Å². The maximum absolute atomic E-state index is 12.8. The zero-order valence-corrected chi connectivity index (χ0v) is 24.4. The highest BCUT2D eigenvalue weighted by atomic mass is 32.2. The number of thiophene rings is 1. The van der Waals surface area contributed by atoms with E-state index in [-0.39, 0.29) is 21.2 Å². The summed E-state index contributed by atoms with van der Waals surface area (Å²) in [6, 6.07) is 7.94. The number of methoxy groups -OCH3 is 2. The number of anilines is 1. The van der Waals surface area contributed by atoms with Crippen LogP contribution in [0.15, 0.2) is 42.1 Å². The van der Waals surface area contributed by atoms with Crippen molar-refractivity contribution in [1.82, 2.24) is 14.8 Å². The van der Waals surface area contributed by atoms with Crippen molar-refractivity contribution in [2.24, 2.45) is 0 Å². The Morgan fingerprint density at radius 3 is 2.36 bits per heavy atom. The van der Waals surface area contributed by atoms with Gasteiger partial charge in [-0.1, -0.05) is 43.8 Å². The number of carbonyl (C=O) groups excluding carboxylic acids is 3. The maximum Gasteiger partial charge on any atom is 0.348 e. The van der Waals surface area contributed by atoms with Crippen molar-refractivity contribution < 1.29 is 28.6 Å². The normalized spacial score (nSPS) is 11.7. The van der Waals surface area contributed by atoms with Crippen molar-refractivity contribution in [2.75, 3.05) is 25.3 Å². The third kappa shape index (κ3) is 7.07. The molecule has 0 radical (unpaired) electrons. The molecule has 0 saturated carbocycles. The lowest BCUT2D eigenvalue weighted by Crippen LogP contribution is -2.17. The fourth-order valence-corrected chi connectivity index (χ4v) is 5.61. The molecule has 0 spiro atoms. The summed E-state index contributed by atoms with van der Waals surface area (Å²) >= 11 is 2.13. The van der Waals surface area contributed by atoms with Gasteiger partial charge in [0, 0.05) is 6.54 Å². The van der Waals surface area contributed by atoms with E-state index in [9.17, 15) is 14.4 Å². The molecule has 39 heavy (non-hydrogen) atoms. The van der Waals surface area contributed by atoms with E-state index in [4.69, 9.17) is 14.2 Å². The topological polar surface area (TPSA) is 122 Å². The van der Waals surface area contributed by atoms with E-state index in [1.165, 1.54) is 31.5 Å². The second kappa shape index (κ2) is 13.4. The number of carbonyl (C=O) groups is 3. The molecule has 1 atom stereocenters. The highest BCUT2D eigenvalue weighted by Crippen LogP contribution is 2.34. The number of benzene rings is 1. The van der Waals surface area contributed by atoms with Crippen LogP contribution in [0.1, 0.15) is 69.8 Å². The van der Waals surface area contributed by atoms with Crippen molar-refractivity contribution in [1.29, 1.82) is 0 Å². The van der Waals surface area contributed by atoms with Crippen LogP contribution in [0.5, 0.6) is 5.75 Å². The minimum absolute atomic E-state index is 0.0215. The average Bonchev–Trinajstić information content (AvgIpc) is 3.47. The van der Waals surface area contributed by atoms with Gasteiger partial charge in [-0.15, -0.1) is 28.1 Å². The van der Waals surface area contributed by atoms with E-state index in [1.807, 2.05) is 35.8 Å². The number of nitrogens with one attached hydrogen (secondary N) is 1. The standard InChI is InChI=1S/C27H32N4O6S2/c1-8-13-31-23(17(5)37-19-11-9-18(10-12-19)15(2)3)29-30-27(31)38-14-20(32)28-24-21(25(33)35-6)16(4)22(39-24)26(34)36-7/h8-12,15,17H,1,13-14H2,2-7H3,(H,28,32). The molecule has 0 aliphatic rings. The molecule has 0 saturated heterocycles. The van der Waals surface area contributed by atoms with E-state index < -0.39 is 23.9 Å². The molecule has 1 N–H and O–H groups in total. The third-order valence-corrected chi connectivity index (χ3v) is 7.93. The molecule has 0 bridgehead atoms. The third-order valence-electron chi connectivity index (χ3n) is 5.77. The van der Waals surface area contributed by atoms with Crippen LogP contribution in [0.25, 0.3) is 0 Å². The fourth-order valence-electron chi connectivity index (χ4n) is 3.73. The summed E-state index contributed by atoms with van der Waals surface area (Å²) in [4.78, 5) is 37.5. The van der Waals surface area contributed by atoms with Gasteiger partial charge < -0.3 is 19.5 Å². The largest absolute Gasteiger partial charge is 0.483 e. The molecule has 208 valence electrons. The SMILES string of the molecule is C=CCn1c(SCC(=O)Nc2sc(C(=O)OC)c(C)c2C(=O)OC)nnc1C(C)Oc1ccc(C(C)C)cc1. The van der Waals surface area contributed by atoms with Crippen molar-refractivity contribution in [3.8, 4) is 5.75 Å². The Hall–Kier alpha value is -3.64. The molecular weight excluding hydrogens is 540 g/mol. The van der Waals surface area contributed by atoms with Crippen molar-refractivity contribution in [3.63, 3.8) is 0 Å². The van der Waals surface area contributed by atoms with Gasteiger partial charge in [0.15, 0.2) is 17.1 Å². The van der Waals surface area contributed by atoms with Gasteiger partial charge in [-0.25, -0.2) is 9.59 Å². The number of amides is 1. The van der Waals surface area contributed by atoms with E-state index in [0.29, 0.717) is 34.8 Å². The summed E-state index contributed by atoms with van der Waals surface area (Å²) in [6.07, 6.45) is 1.31. The Morgan fingerprint density at radius 2 is 1.77 bits per heavy atom. The zero-order valence-electron chi connectivity index (χ0n) is 22.8. The Balaban J connectivity index is 1.73. The highest BCUT2D eigenvalue weighted by Gasteiger charge is 2.27. The van der Waals surface area contributed by atoms with Crippen LogP contribution in [0, 0.1) is 6.92 Å². The van der Waals surface area contributed by atoms with Crippen LogP contribution in [0.4, 0.5) is 5.00 Å². The summed E-state index contributed by atoms with van der Waals surface area (Å²) in [7, 11) is 2.48. The number of nitrogens with zero attached hydrogens (tertiary/aromatic N) is 3. The van der Waals surface area contributed by atoms with Crippen LogP contribution < -0.4 is 10.1 Å². The van der Waals surface area contributed by atoms with Gasteiger partial charge in [0.2, 0.25) is 5.91 Å². The number of hydrogen-bond acceptors (Lipinski definition) is 10. The molecule has 2 heterocycles.